The Kier molecular flexibility index (Phi) is 1.11. The molecular formula is C7H13P. The highest BCUT2D eigenvalue weighted by atomic mass is 31.0. The van der Waals surface area contributed by atoms with Crippen molar-refractivity contribution in [3.63, 3.8) is 0 Å². The molecule has 0 aromatic heterocycles. The summed E-state index contributed by atoms with van der Waals surface area (Å²) in [4.78, 5) is 0. The fraction of sp³-hybridized carbons (Fsp3) is 1.00. The van der Waals surface area contributed by atoms with Crippen molar-refractivity contribution in [2.45, 2.75) is 31.3 Å². The molecule has 2 rings (SSSR count). The molecule has 0 aromatic rings. The summed E-state index contributed by atoms with van der Waals surface area (Å²) in [7, 11) is 2.99. The van der Waals surface area contributed by atoms with Crippen molar-refractivity contribution in [2.75, 3.05) is 0 Å². The van der Waals surface area contributed by atoms with E-state index in [4.69, 9.17) is 0 Å². The Morgan fingerprint density at radius 3 is 2.25 bits per heavy atom. The van der Waals surface area contributed by atoms with Crippen LogP contribution in [0.25, 0.3) is 0 Å². The van der Waals surface area contributed by atoms with Crippen LogP contribution in [0.3, 0.4) is 0 Å². The number of hydrogen-bond acceptors (Lipinski definition) is 0. The Bertz CT molecular complexity index is 98.6. The fourth-order valence-electron chi connectivity index (χ4n) is 2.29. The first-order valence-electron chi connectivity index (χ1n) is 3.62. The van der Waals surface area contributed by atoms with Crippen molar-refractivity contribution in [2.24, 2.45) is 11.8 Å². The van der Waals surface area contributed by atoms with E-state index < -0.39 is 0 Å². The summed E-state index contributed by atoms with van der Waals surface area (Å²) in [6.07, 6.45) is 6.12. The molecule has 0 nitrogen and oxygen atoms in total. The molecule has 0 N–H and O–H groups in total. The first-order valence-corrected chi connectivity index (χ1v) is 4.28. The second kappa shape index (κ2) is 1.70. The van der Waals surface area contributed by atoms with Gasteiger partial charge in [-0.25, -0.2) is 0 Å². The van der Waals surface area contributed by atoms with E-state index in [0.29, 0.717) is 0 Å². The normalized spacial score (nSPS) is 52.9. The van der Waals surface area contributed by atoms with E-state index in [9.17, 15) is 0 Å². The molecule has 46 valence electrons. The van der Waals surface area contributed by atoms with E-state index >= 15 is 0 Å². The van der Waals surface area contributed by atoms with Gasteiger partial charge in [-0.15, -0.1) is 9.24 Å². The molecule has 0 amide bonds. The van der Waals surface area contributed by atoms with E-state index in [-0.39, 0.29) is 0 Å². The molecule has 0 radical (unpaired) electrons. The highest BCUT2D eigenvalue weighted by Crippen LogP contribution is 2.47. The van der Waals surface area contributed by atoms with Gasteiger partial charge in [0.25, 0.3) is 0 Å². The van der Waals surface area contributed by atoms with Gasteiger partial charge >= 0.3 is 0 Å². The van der Waals surface area contributed by atoms with E-state index in [2.05, 4.69) is 9.24 Å². The smallest absolute Gasteiger partial charge is 0.0233 e. The lowest BCUT2D eigenvalue weighted by Gasteiger charge is -2.15. The van der Waals surface area contributed by atoms with Gasteiger partial charge in [0.2, 0.25) is 0 Å². The first kappa shape index (κ1) is 5.23. The molecule has 0 aromatic carbocycles. The first-order chi connectivity index (χ1) is 3.86. The quantitative estimate of drug-likeness (QED) is 0.438. The second-order valence-corrected chi connectivity index (χ2v) is 4.20. The highest BCUT2D eigenvalue weighted by molar-refractivity contribution is 7.17. The Morgan fingerprint density at radius 1 is 1.12 bits per heavy atom. The Labute approximate surface area is 53.2 Å². The van der Waals surface area contributed by atoms with Gasteiger partial charge in [0.05, 0.1) is 0 Å². The minimum absolute atomic E-state index is 0.994. The third kappa shape index (κ3) is 0.624. The predicted molar refractivity (Wildman–Crippen MR) is 38.9 cm³/mol. The summed E-state index contributed by atoms with van der Waals surface area (Å²) < 4.78 is 0. The molecule has 2 fully saturated rings. The molecule has 2 aliphatic rings. The van der Waals surface area contributed by atoms with E-state index in [1.54, 1.807) is 6.42 Å². The monoisotopic (exact) mass is 128 g/mol. The summed E-state index contributed by atoms with van der Waals surface area (Å²) in [6.45, 7) is 0. The third-order valence-corrected chi connectivity index (χ3v) is 3.61. The average Bonchev–Trinajstić information content (AvgIpc) is 2.23. The molecule has 2 saturated carbocycles. The molecule has 2 aliphatic carbocycles. The van der Waals surface area contributed by atoms with Crippen LogP contribution in [0, 0.1) is 11.8 Å². The molecule has 8 heavy (non-hydrogen) atoms. The van der Waals surface area contributed by atoms with Crippen LogP contribution in [-0.2, 0) is 0 Å². The van der Waals surface area contributed by atoms with Crippen molar-refractivity contribution >= 4 is 9.24 Å². The zero-order chi connectivity index (χ0) is 5.56. The van der Waals surface area contributed by atoms with Gasteiger partial charge in [0.15, 0.2) is 0 Å². The minimum atomic E-state index is 0.994. The van der Waals surface area contributed by atoms with Crippen molar-refractivity contribution in [3.8, 4) is 0 Å². The molecule has 0 spiro atoms. The van der Waals surface area contributed by atoms with Crippen LogP contribution in [0.4, 0.5) is 0 Å². The van der Waals surface area contributed by atoms with E-state index in [1.165, 1.54) is 19.3 Å². The zero-order valence-electron chi connectivity index (χ0n) is 5.14. The van der Waals surface area contributed by atoms with Crippen molar-refractivity contribution in [1.29, 1.82) is 0 Å². The third-order valence-electron chi connectivity index (χ3n) is 2.79. The SMILES string of the molecule is PC1C[C@@H]2CC[C@H]1C2. The fourth-order valence-corrected chi connectivity index (χ4v) is 3.03. The maximum atomic E-state index is 2.99. The highest BCUT2D eigenvalue weighted by Gasteiger charge is 2.36. The molecule has 2 unspecified atom stereocenters. The molecule has 0 saturated heterocycles. The molecule has 4 atom stereocenters. The van der Waals surface area contributed by atoms with Crippen LogP contribution < -0.4 is 0 Å². The number of rotatable bonds is 0. The lowest BCUT2D eigenvalue weighted by molar-refractivity contribution is 0.492. The summed E-state index contributed by atoms with van der Waals surface area (Å²) in [5, 5.41) is 0. The number of hydrogen-bond donors (Lipinski definition) is 0. The van der Waals surface area contributed by atoms with Crippen LogP contribution in [0.5, 0.6) is 0 Å². The van der Waals surface area contributed by atoms with Gasteiger partial charge in [-0.1, -0.05) is 6.42 Å². The molecule has 0 aliphatic heterocycles. The van der Waals surface area contributed by atoms with Crippen molar-refractivity contribution in [3.05, 3.63) is 0 Å². The van der Waals surface area contributed by atoms with Gasteiger partial charge in [-0.2, -0.15) is 0 Å². The summed E-state index contributed by atoms with van der Waals surface area (Å²) >= 11 is 0. The zero-order valence-corrected chi connectivity index (χ0v) is 6.29. The standard InChI is InChI=1S/C7H13P/c8-7-4-5-1-2-6(7)3-5/h5-7H,1-4,8H2/t5-,6+,7?/m1/s1. The Morgan fingerprint density at radius 2 is 2.00 bits per heavy atom. The maximum Gasteiger partial charge on any atom is -0.0233 e. The van der Waals surface area contributed by atoms with E-state index in [1.807, 2.05) is 0 Å². The molecular weight excluding hydrogens is 115 g/mol. The van der Waals surface area contributed by atoms with Gasteiger partial charge in [-0.3, -0.25) is 0 Å². The van der Waals surface area contributed by atoms with Crippen molar-refractivity contribution < 1.29 is 0 Å². The van der Waals surface area contributed by atoms with Crippen molar-refractivity contribution in [1.82, 2.24) is 0 Å². The summed E-state index contributed by atoms with van der Waals surface area (Å²) in [5.41, 5.74) is 0.994. The summed E-state index contributed by atoms with van der Waals surface area (Å²) in [5.74, 6) is 2.23. The van der Waals surface area contributed by atoms with Gasteiger partial charge < -0.3 is 0 Å². The van der Waals surface area contributed by atoms with Crippen LogP contribution in [0.2, 0.25) is 0 Å². The van der Waals surface area contributed by atoms with Crippen LogP contribution >= 0.6 is 9.24 Å². The Balaban J connectivity index is 2.11. The van der Waals surface area contributed by atoms with Gasteiger partial charge in [0.1, 0.15) is 0 Å². The van der Waals surface area contributed by atoms with Gasteiger partial charge in [-0.05, 0) is 36.8 Å². The molecule has 1 heteroatoms. The minimum Gasteiger partial charge on any atom is -0.134 e. The summed E-state index contributed by atoms with van der Waals surface area (Å²) in [6, 6.07) is 0. The molecule has 2 bridgehead atoms. The van der Waals surface area contributed by atoms with Gasteiger partial charge in [0, 0.05) is 0 Å². The lowest BCUT2D eigenvalue weighted by Crippen LogP contribution is -2.07. The maximum absolute atomic E-state index is 2.99. The largest absolute Gasteiger partial charge is 0.134 e. The predicted octanol–water partition coefficient (Wildman–Crippen LogP) is 2.05. The van der Waals surface area contributed by atoms with E-state index in [0.717, 1.165) is 17.5 Å². The number of fused-ring (bicyclic) bond motifs is 2. The lowest BCUT2D eigenvalue weighted by atomic mass is 10.0. The van der Waals surface area contributed by atoms with Crippen LogP contribution in [-0.4, -0.2) is 5.66 Å². The molecule has 0 heterocycles. The second-order valence-electron chi connectivity index (χ2n) is 3.34. The van der Waals surface area contributed by atoms with Crippen LogP contribution in [0.1, 0.15) is 25.7 Å². The average molecular weight is 128 g/mol. The Hall–Kier alpha value is 0.430. The topological polar surface area (TPSA) is 0 Å². The van der Waals surface area contributed by atoms with Crippen LogP contribution in [0.15, 0.2) is 0 Å².